The van der Waals surface area contributed by atoms with Crippen molar-refractivity contribution >= 4 is 35.0 Å². The lowest BCUT2D eigenvalue weighted by atomic mass is 9.98. The van der Waals surface area contributed by atoms with Gasteiger partial charge < -0.3 is 14.5 Å². The average Bonchev–Trinajstić information content (AvgIpc) is 2.88. The Balaban J connectivity index is 1.94. The van der Waals surface area contributed by atoms with E-state index in [0.29, 0.717) is 11.3 Å². The number of halogens is 4. The summed E-state index contributed by atoms with van der Waals surface area (Å²) in [4.78, 5) is 15.7. The number of carbonyl (C=O) groups excluding carboxylic acids is 1. The maximum absolute atomic E-state index is 15.3. The topological polar surface area (TPSA) is 56.6 Å². The molecule has 3 aromatic rings. The van der Waals surface area contributed by atoms with Crippen molar-refractivity contribution in [3.05, 3.63) is 77.6 Å². The second-order valence-electron chi connectivity index (χ2n) is 8.63. The smallest absolute Gasteiger partial charge is 0.417 e. The number of hydrogen-bond acceptors (Lipinski definition) is 4. The van der Waals surface area contributed by atoms with Gasteiger partial charge in [0, 0.05) is 12.7 Å². The quantitative estimate of drug-likeness (QED) is 0.255. The van der Waals surface area contributed by atoms with Crippen molar-refractivity contribution in [2.24, 2.45) is 0 Å². The number of hydrogen-bond donors (Lipinski definition) is 0. The van der Waals surface area contributed by atoms with Gasteiger partial charge in [-0.2, -0.15) is 18.4 Å². The highest BCUT2D eigenvalue weighted by Gasteiger charge is 2.39. The molecule has 0 bridgehead atoms. The van der Waals surface area contributed by atoms with Crippen LogP contribution >= 0.6 is 12.2 Å². The van der Waals surface area contributed by atoms with E-state index < -0.39 is 34.6 Å². The molecule has 0 saturated heterocycles. The van der Waals surface area contributed by atoms with Crippen LogP contribution in [0.15, 0.2) is 60.7 Å². The molecule has 1 amide bonds. The normalized spacial score (nSPS) is 11.4. The van der Waals surface area contributed by atoms with E-state index >= 15 is 4.39 Å². The fourth-order valence-electron chi connectivity index (χ4n) is 3.86. The van der Waals surface area contributed by atoms with Crippen molar-refractivity contribution in [1.82, 2.24) is 0 Å². The van der Waals surface area contributed by atoms with Crippen molar-refractivity contribution in [2.75, 3.05) is 24.0 Å². The summed E-state index contributed by atoms with van der Waals surface area (Å²) in [5.74, 6) is -0.637. The van der Waals surface area contributed by atoms with Crippen LogP contribution in [0.3, 0.4) is 0 Å². The van der Waals surface area contributed by atoms with E-state index in [4.69, 9.17) is 22.2 Å². The fraction of sp³-hybridized carbons (Fsp3) is 0.222. The number of amides is 1. The maximum Gasteiger partial charge on any atom is 0.417 e. The summed E-state index contributed by atoms with van der Waals surface area (Å²) in [7, 11) is 2.84. The molecule has 0 unspecified atom stereocenters. The summed E-state index contributed by atoms with van der Waals surface area (Å²) >= 11 is 5.11. The summed E-state index contributed by atoms with van der Waals surface area (Å²) < 4.78 is 60.7. The van der Waals surface area contributed by atoms with Crippen LogP contribution in [0.1, 0.15) is 25.0 Å². The molecule has 0 N–H and O–H groups in total. The zero-order valence-corrected chi connectivity index (χ0v) is 21.2. The first-order valence-electron chi connectivity index (χ1n) is 10.9. The SMILES string of the molecule is COc1ccc(-c2ccc(N(C=S)C(C)(C)C(=O)N(C)c3ccc(C#N)c(C(F)(F)F)c3)c(F)c2)cc1. The summed E-state index contributed by atoms with van der Waals surface area (Å²) in [6, 6.07) is 16.0. The predicted molar refractivity (Wildman–Crippen MR) is 138 cm³/mol. The molecule has 0 aliphatic heterocycles. The van der Waals surface area contributed by atoms with Crippen LogP contribution in [0.25, 0.3) is 11.1 Å². The Morgan fingerprint density at radius 2 is 1.65 bits per heavy atom. The number of benzene rings is 3. The lowest BCUT2D eigenvalue weighted by Crippen LogP contribution is -2.55. The first-order chi connectivity index (χ1) is 17.3. The van der Waals surface area contributed by atoms with Crippen LogP contribution in [0.5, 0.6) is 5.75 Å². The van der Waals surface area contributed by atoms with Crippen LogP contribution in [0.2, 0.25) is 0 Å². The van der Waals surface area contributed by atoms with Crippen molar-refractivity contribution < 1.29 is 27.1 Å². The Bertz CT molecular complexity index is 1370. The van der Waals surface area contributed by atoms with Crippen LogP contribution in [-0.4, -0.2) is 31.1 Å². The number of nitriles is 1. The van der Waals surface area contributed by atoms with Gasteiger partial charge in [0.05, 0.1) is 35.5 Å². The zero-order valence-electron chi connectivity index (χ0n) is 20.4. The Labute approximate surface area is 217 Å². The summed E-state index contributed by atoms with van der Waals surface area (Å²) in [6.07, 6.45) is -4.78. The van der Waals surface area contributed by atoms with Crippen LogP contribution in [0.4, 0.5) is 28.9 Å². The minimum Gasteiger partial charge on any atom is -0.497 e. The fourth-order valence-corrected chi connectivity index (χ4v) is 4.24. The molecule has 0 saturated carbocycles. The number of carbonyl (C=O) groups is 1. The molecule has 3 rings (SSSR count). The van der Waals surface area contributed by atoms with Crippen LogP contribution in [0, 0.1) is 17.1 Å². The first kappa shape index (κ1) is 27.6. The molecule has 37 heavy (non-hydrogen) atoms. The molecule has 10 heteroatoms. The van der Waals surface area contributed by atoms with Gasteiger partial charge in [0.1, 0.15) is 17.1 Å². The van der Waals surface area contributed by atoms with Gasteiger partial charge in [-0.3, -0.25) is 4.79 Å². The Kier molecular flexibility index (Phi) is 7.88. The van der Waals surface area contributed by atoms with Gasteiger partial charge in [0.15, 0.2) is 0 Å². The number of anilines is 2. The second-order valence-corrected chi connectivity index (χ2v) is 8.84. The van der Waals surface area contributed by atoms with E-state index in [-0.39, 0.29) is 11.4 Å². The molecule has 0 fully saturated rings. The second kappa shape index (κ2) is 10.6. The highest BCUT2D eigenvalue weighted by atomic mass is 32.1. The largest absolute Gasteiger partial charge is 0.497 e. The van der Waals surface area contributed by atoms with Crippen LogP contribution < -0.4 is 14.5 Å². The number of methoxy groups -OCH3 is 1. The molecule has 0 aliphatic carbocycles. The van der Waals surface area contributed by atoms with Crippen molar-refractivity contribution in [3.63, 3.8) is 0 Å². The summed E-state index contributed by atoms with van der Waals surface area (Å²) in [5, 5.41) is 9.03. The summed E-state index contributed by atoms with van der Waals surface area (Å²) in [6.45, 7) is 2.97. The molecular weight excluding hydrogens is 506 g/mol. The lowest BCUT2D eigenvalue weighted by molar-refractivity contribution is -0.137. The Morgan fingerprint density at radius 3 is 2.16 bits per heavy atom. The lowest BCUT2D eigenvalue weighted by Gasteiger charge is -2.38. The molecule has 3 aromatic carbocycles. The average molecular weight is 530 g/mol. The van der Waals surface area contributed by atoms with Crippen LogP contribution in [-0.2, 0) is 11.0 Å². The number of thiocarbonyl (C=S) groups is 1. The number of rotatable bonds is 7. The van der Waals surface area contributed by atoms with E-state index in [9.17, 15) is 18.0 Å². The van der Waals surface area contributed by atoms with Crippen molar-refractivity contribution in [2.45, 2.75) is 25.6 Å². The summed E-state index contributed by atoms with van der Waals surface area (Å²) in [5.41, 5.74) is -0.794. The van der Waals surface area contributed by atoms with Gasteiger partial charge in [-0.15, -0.1) is 0 Å². The number of ether oxygens (including phenoxy) is 1. The van der Waals surface area contributed by atoms with Gasteiger partial charge in [0.25, 0.3) is 5.91 Å². The van der Waals surface area contributed by atoms with Gasteiger partial charge >= 0.3 is 6.18 Å². The van der Waals surface area contributed by atoms with Gasteiger partial charge in [-0.1, -0.05) is 30.4 Å². The number of likely N-dealkylation sites (N-methyl/N-ethyl adjacent to an activating group) is 1. The third-order valence-electron chi connectivity index (χ3n) is 5.98. The van der Waals surface area contributed by atoms with Crippen molar-refractivity contribution in [3.8, 4) is 22.9 Å². The van der Waals surface area contributed by atoms with E-state index in [1.54, 1.807) is 37.4 Å². The Hall–Kier alpha value is -3.97. The Morgan fingerprint density at radius 1 is 1.03 bits per heavy atom. The highest BCUT2D eigenvalue weighted by Crippen LogP contribution is 2.36. The minimum atomic E-state index is -4.78. The molecule has 192 valence electrons. The molecule has 0 aliphatic rings. The van der Waals surface area contributed by atoms with Gasteiger partial charge in [0.2, 0.25) is 0 Å². The highest BCUT2D eigenvalue weighted by molar-refractivity contribution is 7.79. The van der Waals surface area contributed by atoms with E-state index in [0.717, 1.165) is 28.1 Å². The predicted octanol–water partition coefficient (Wildman–Crippen LogP) is 6.60. The van der Waals surface area contributed by atoms with Gasteiger partial charge in [-0.05, 0) is 67.4 Å². The minimum absolute atomic E-state index is 0.0230. The van der Waals surface area contributed by atoms with E-state index in [1.807, 2.05) is 0 Å². The third-order valence-corrected chi connectivity index (χ3v) is 6.19. The molecule has 0 aromatic heterocycles. The third kappa shape index (κ3) is 5.57. The number of nitrogens with zero attached hydrogens (tertiary/aromatic N) is 3. The molecule has 0 atom stereocenters. The first-order valence-corrected chi connectivity index (χ1v) is 11.4. The van der Waals surface area contributed by atoms with E-state index in [1.165, 1.54) is 50.1 Å². The van der Waals surface area contributed by atoms with Gasteiger partial charge in [-0.25, -0.2) is 4.39 Å². The molecule has 5 nitrogen and oxygen atoms in total. The zero-order chi connectivity index (χ0) is 27.5. The monoisotopic (exact) mass is 529 g/mol. The van der Waals surface area contributed by atoms with Crippen molar-refractivity contribution in [1.29, 1.82) is 5.26 Å². The molecule has 0 spiro atoms. The van der Waals surface area contributed by atoms with E-state index in [2.05, 4.69) is 0 Å². The number of alkyl halides is 3. The molecule has 0 radical (unpaired) electrons. The maximum atomic E-state index is 15.3. The standard InChI is InChI=1S/C27H23F4N3O2S/c1-26(2,25(35)33(3)20-9-5-19(15-32)22(14-20)27(29,30)31)34(16-37)24-12-8-18(13-23(24)28)17-6-10-21(36-4)11-7-17/h5-14,16H,1-4H3. The molecular formula is C27H23F4N3O2S. The molecule has 0 heterocycles.